The van der Waals surface area contributed by atoms with Gasteiger partial charge in [0.1, 0.15) is 0 Å². The predicted octanol–water partition coefficient (Wildman–Crippen LogP) is 4.10. The van der Waals surface area contributed by atoms with Crippen molar-refractivity contribution in [1.29, 1.82) is 0 Å². The van der Waals surface area contributed by atoms with E-state index in [1.807, 2.05) is 0 Å². The Morgan fingerprint density at radius 3 is 2.17 bits per heavy atom. The maximum absolute atomic E-state index is 9.43. The van der Waals surface area contributed by atoms with Crippen LogP contribution in [0, 0.1) is 18.8 Å². The van der Waals surface area contributed by atoms with Gasteiger partial charge in [0, 0.05) is 6.61 Å². The first-order chi connectivity index (χ1) is 8.25. The van der Waals surface area contributed by atoms with Crippen LogP contribution in [-0.2, 0) is 11.8 Å². The summed E-state index contributed by atoms with van der Waals surface area (Å²) in [5.41, 5.74) is 4.31. The van der Waals surface area contributed by atoms with Crippen molar-refractivity contribution in [3.63, 3.8) is 0 Å². The van der Waals surface area contributed by atoms with E-state index in [1.165, 1.54) is 16.7 Å². The summed E-state index contributed by atoms with van der Waals surface area (Å²) in [6.07, 6.45) is 0.977. The van der Waals surface area contributed by atoms with Crippen molar-refractivity contribution in [1.82, 2.24) is 0 Å². The van der Waals surface area contributed by atoms with Gasteiger partial charge in [0.25, 0.3) is 0 Å². The van der Waals surface area contributed by atoms with Crippen molar-refractivity contribution in [2.45, 2.75) is 53.4 Å². The third-order valence-corrected chi connectivity index (χ3v) is 3.87. The molecule has 0 saturated carbocycles. The third-order valence-electron chi connectivity index (χ3n) is 3.87. The molecule has 1 rings (SSSR count). The molecule has 0 spiro atoms. The molecule has 102 valence electrons. The van der Waals surface area contributed by atoms with E-state index in [0.29, 0.717) is 11.8 Å². The molecule has 0 amide bonds. The van der Waals surface area contributed by atoms with E-state index >= 15 is 0 Å². The molecule has 0 aliphatic heterocycles. The summed E-state index contributed by atoms with van der Waals surface area (Å²) >= 11 is 0. The highest BCUT2D eigenvalue weighted by molar-refractivity contribution is 5.34. The molecule has 0 aromatic heterocycles. The fourth-order valence-corrected chi connectivity index (χ4v) is 2.18. The van der Waals surface area contributed by atoms with Crippen LogP contribution < -0.4 is 0 Å². The monoisotopic (exact) mass is 248 g/mol. The Hall–Kier alpha value is -0.820. The van der Waals surface area contributed by atoms with Crippen LogP contribution in [0.1, 0.15) is 51.3 Å². The largest absolute Gasteiger partial charge is 0.396 e. The second-order valence-electron chi connectivity index (χ2n) is 6.78. The molecule has 1 N–H and O–H groups in total. The van der Waals surface area contributed by atoms with Gasteiger partial charge in [-0.15, -0.1) is 0 Å². The highest BCUT2D eigenvalue weighted by Gasteiger charge is 2.17. The van der Waals surface area contributed by atoms with Crippen molar-refractivity contribution in [2.24, 2.45) is 11.8 Å². The highest BCUT2D eigenvalue weighted by Crippen LogP contribution is 2.26. The normalized spacial score (nSPS) is 14.0. The Morgan fingerprint density at radius 2 is 1.78 bits per heavy atom. The van der Waals surface area contributed by atoms with E-state index in [9.17, 15) is 5.11 Å². The second kappa shape index (κ2) is 5.88. The maximum Gasteiger partial charge on any atom is 0.0464 e. The average molecular weight is 248 g/mol. The number of aliphatic hydroxyl groups excluding tert-OH is 1. The zero-order valence-electron chi connectivity index (χ0n) is 12.7. The Morgan fingerprint density at radius 1 is 1.17 bits per heavy atom. The molecule has 0 bridgehead atoms. The summed E-state index contributed by atoms with van der Waals surface area (Å²) in [6.45, 7) is 13.5. The molecule has 1 aromatic carbocycles. The topological polar surface area (TPSA) is 20.2 Å². The fourth-order valence-electron chi connectivity index (χ4n) is 2.18. The zero-order chi connectivity index (χ0) is 13.9. The number of benzene rings is 1. The lowest BCUT2D eigenvalue weighted by Crippen LogP contribution is -2.17. The number of aliphatic hydroxyl groups is 1. The third kappa shape index (κ3) is 3.84. The summed E-state index contributed by atoms with van der Waals surface area (Å²) < 4.78 is 0. The van der Waals surface area contributed by atoms with Crippen LogP contribution in [0.4, 0.5) is 0 Å². The SMILES string of the molecule is Cc1cc(C(C)(C)C)ccc1CC(CO)C(C)C. The minimum absolute atomic E-state index is 0.206. The Kier molecular flexibility index (Phi) is 4.98. The molecule has 1 nitrogen and oxygen atoms in total. The van der Waals surface area contributed by atoms with Gasteiger partial charge < -0.3 is 5.11 Å². The summed E-state index contributed by atoms with van der Waals surface area (Å²) in [4.78, 5) is 0. The van der Waals surface area contributed by atoms with Crippen LogP contribution in [0.3, 0.4) is 0 Å². The Bertz CT molecular complexity index is 385. The van der Waals surface area contributed by atoms with Gasteiger partial charge in [-0.1, -0.05) is 52.8 Å². The molecule has 0 aliphatic rings. The molecule has 0 heterocycles. The van der Waals surface area contributed by atoms with E-state index in [0.717, 1.165) is 6.42 Å². The fraction of sp³-hybridized carbons (Fsp3) is 0.647. The van der Waals surface area contributed by atoms with Crippen LogP contribution in [0.25, 0.3) is 0 Å². The quantitative estimate of drug-likeness (QED) is 0.850. The lowest BCUT2D eigenvalue weighted by Gasteiger charge is -2.23. The van der Waals surface area contributed by atoms with Gasteiger partial charge in [-0.25, -0.2) is 0 Å². The van der Waals surface area contributed by atoms with Gasteiger partial charge in [0.15, 0.2) is 0 Å². The van der Waals surface area contributed by atoms with Gasteiger partial charge >= 0.3 is 0 Å². The molecular weight excluding hydrogens is 220 g/mol. The molecule has 1 atom stereocenters. The lowest BCUT2D eigenvalue weighted by atomic mass is 9.83. The van der Waals surface area contributed by atoms with Crippen LogP contribution >= 0.6 is 0 Å². The van der Waals surface area contributed by atoms with Crippen LogP contribution in [0.2, 0.25) is 0 Å². The van der Waals surface area contributed by atoms with E-state index in [2.05, 4.69) is 59.7 Å². The average Bonchev–Trinajstić information content (AvgIpc) is 2.25. The molecule has 0 saturated heterocycles. The van der Waals surface area contributed by atoms with Crippen molar-refractivity contribution in [2.75, 3.05) is 6.61 Å². The van der Waals surface area contributed by atoms with Crippen LogP contribution in [0.15, 0.2) is 18.2 Å². The molecule has 1 unspecified atom stereocenters. The van der Waals surface area contributed by atoms with Crippen LogP contribution in [0.5, 0.6) is 0 Å². The van der Waals surface area contributed by atoms with Gasteiger partial charge in [-0.05, 0) is 47.3 Å². The lowest BCUT2D eigenvalue weighted by molar-refractivity contribution is 0.189. The van der Waals surface area contributed by atoms with E-state index in [4.69, 9.17) is 0 Å². The van der Waals surface area contributed by atoms with Crippen LogP contribution in [-0.4, -0.2) is 11.7 Å². The second-order valence-corrected chi connectivity index (χ2v) is 6.78. The number of aryl methyl sites for hydroxylation is 1. The predicted molar refractivity (Wildman–Crippen MR) is 79.0 cm³/mol. The molecule has 1 aromatic rings. The summed E-state index contributed by atoms with van der Waals surface area (Å²) in [5.74, 6) is 0.890. The number of rotatable bonds is 4. The first kappa shape index (κ1) is 15.2. The molecular formula is C17H28O. The molecule has 0 radical (unpaired) electrons. The maximum atomic E-state index is 9.43. The summed E-state index contributed by atoms with van der Waals surface area (Å²) in [5, 5.41) is 9.43. The van der Waals surface area contributed by atoms with Gasteiger partial charge in [0.05, 0.1) is 0 Å². The first-order valence-electron chi connectivity index (χ1n) is 6.96. The zero-order valence-corrected chi connectivity index (χ0v) is 12.7. The van der Waals surface area contributed by atoms with E-state index < -0.39 is 0 Å². The van der Waals surface area contributed by atoms with E-state index in [-0.39, 0.29) is 12.0 Å². The Labute approximate surface area is 112 Å². The Balaban J connectivity index is 2.93. The smallest absolute Gasteiger partial charge is 0.0464 e. The molecule has 0 aliphatic carbocycles. The van der Waals surface area contributed by atoms with E-state index in [1.54, 1.807) is 0 Å². The molecule has 0 fully saturated rings. The van der Waals surface area contributed by atoms with Crippen molar-refractivity contribution < 1.29 is 5.11 Å². The minimum atomic E-state index is 0.206. The number of hydrogen-bond acceptors (Lipinski definition) is 1. The minimum Gasteiger partial charge on any atom is -0.396 e. The number of hydrogen-bond donors (Lipinski definition) is 1. The van der Waals surface area contributed by atoms with Crippen molar-refractivity contribution in [3.05, 3.63) is 34.9 Å². The summed E-state index contributed by atoms with van der Waals surface area (Å²) in [6, 6.07) is 6.77. The molecule has 1 heteroatoms. The van der Waals surface area contributed by atoms with Gasteiger partial charge in [-0.2, -0.15) is 0 Å². The van der Waals surface area contributed by atoms with Gasteiger partial charge in [-0.3, -0.25) is 0 Å². The van der Waals surface area contributed by atoms with Crippen molar-refractivity contribution >= 4 is 0 Å². The highest BCUT2D eigenvalue weighted by atomic mass is 16.3. The molecule has 18 heavy (non-hydrogen) atoms. The standard InChI is InChI=1S/C17H28O/c1-12(2)15(11-18)10-14-7-8-16(9-13(14)3)17(4,5)6/h7-9,12,15,18H,10-11H2,1-6H3. The van der Waals surface area contributed by atoms with Crippen molar-refractivity contribution in [3.8, 4) is 0 Å². The summed E-state index contributed by atoms with van der Waals surface area (Å²) in [7, 11) is 0. The van der Waals surface area contributed by atoms with Gasteiger partial charge in [0.2, 0.25) is 0 Å². The first-order valence-corrected chi connectivity index (χ1v) is 6.96.